The summed E-state index contributed by atoms with van der Waals surface area (Å²) in [6.45, 7) is 1.72. The minimum absolute atomic E-state index is 0.131. The minimum atomic E-state index is -1.11. The summed E-state index contributed by atoms with van der Waals surface area (Å²) in [6.07, 6.45) is 2.89. The van der Waals surface area contributed by atoms with Crippen molar-refractivity contribution in [1.82, 2.24) is 20.6 Å². The third-order valence-electron chi connectivity index (χ3n) is 2.96. The molecule has 1 aliphatic heterocycles. The lowest BCUT2D eigenvalue weighted by atomic mass is 10.2. The fourth-order valence-electron chi connectivity index (χ4n) is 1.89. The maximum Gasteiger partial charge on any atom is 0.326 e. The Morgan fingerprint density at radius 2 is 2.38 bits per heavy atom. The van der Waals surface area contributed by atoms with Crippen LogP contribution in [0, 0.1) is 0 Å². The smallest absolute Gasteiger partial charge is 0.326 e. The number of carbonyl (C=O) groups excluding carboxylic acids is 1. The Bertz CT molecular complexity index is 458. The molecule has 1 saturated heterocycles. The van der Waals surface area contributed by atoms with Gasteiger partial charge in [-0.2, -0.15) is 0 Å². The number of nitrogens with zero attached hydrogens (tertiary/aromatic N) is 1. The monoisotopic (exact) mass is 298 g/mol. The van der Waals surface area contributed by atoms with Crippen molar-refractivity contribution in [3.63, 3.8) is 0 Å². The Labute approximate surface area is 121 Å². The quantitative estimate of drug-likeness (QED) is 0.540. The van der Waals surface area contributed by atoms with Gasteiger partial charge >= 0.3 is 12.0 Å². The lowest BCUT2D eigenvalue weighted by molar-refractivity contribution is -0.139. The van der Waals surface area contributed by atoms with Crippen LogP contribution in [0.1, 0.15) is 5.69 Å². The molecule has 2 amide bonds. The van der Waals surface area contributed by atoms with E-state index in [1.165, 1.54) is 12.5 Å². The first-order valence-corrected chi connectivity index (χ1v) is 6.59. The number of carboxylic acids is 1. The number of imidazole rings is 1. The second-order valence-corrected chi connectivity index (χ2v) is 4.59. The van der Waals surface area contributed by atoms with Gasteiger partial charge < -0.3 is 30.2 Å². The number of nitrogens with one attached hydrogen (secondary N) is 3. The van der Waals surface area contributed by atoms with E-state index in [0.717, 1.165) is 0 Å². The molecule has 1 aromatic rings. The molecule has 0 radical (unpaired) electrons. The maximum atomic E-state index is 11.7. The molecule has 0 saturated carbocycles. The molecule has 1 aromatic heterocycles. The Morgan fingerprint density at radius 1 is 1.52 bits per heavy atom. The van der Waals surface area contributed by atoms with Gasteiger partial charge in [-0.05, 0) is 0 Å². The summed E-state index contributed by atoms with van der Waals surface area (Å²) in [5.41, 5.74) is 0.631. The van der Waals surface area contributed by atoms with Gasteiger partial charge in [-0.1, -0.05) is 0 Å². The summed E-state index contributed by atoms with van der Waals surface area (Å²) >= 11 is 0. The lowest BCUT2D eigenvalue weighted by Gasteiger charge is -2.23. The Hall–Kier alpha value is -2.13. The molecule has 1 fully saturated rings. The highest BCUT2D eigenvalue weighted by Gasteiger charge is 2.22. The topological polar surface area (TPSA) is 126 Å². The first kappa shape index (κ1) is 15.3. The van der Waals surface area contributed by atoms with E-state index in [4.69, 9.17) is 14.6 Å². The van der Waals surface area contributed by atoms with Gasteiger partial charge in [-0.15, -0.1) is 0 Å². The van der Waals surface area contributed by atoms with E-state index in [0.29, 0.717) is 25.5 Å². The summed E-state index contributed by atoms with van der Waals surface area (Å²) < 4.78 is 10.6. The van der Waals surface area contributed by atoms with Crippen LogP contribution in [0.4, 0.5) is 4.79 Å². The zero-order valence-corrected chi connectivity index (χ0v) is 11.4. The number of hydrogen-bond acceptors (Lipinski definition) is 5. The molecule has 2 rings (SSSR count). The number of hydrogen-bond donors (Lipinski definition) is 4. The zero-order chi connectivity index (χ0) is 15.1. The maximum absolute atomic E-state index is 11.7. The van der Waals surface area contributed by atoms with Gasteiger partial charge in [0, 0.05) is 24.9 Å². The number of amides is 2. The second-order valence-electron chi connectivity index (χ2n) is 4.59. The molecule has 116 valence electrons. The molecule has 2 unspecified atom stereocenters. The second kappa shape index (κ2) is 7.60. The average Bonchev–Trinajstić information content (AvgIpc) is 2.98. The fraction of sp³-hybridized carbons (Fsp3) is 0.583. The van der Waals surface area contributed by atoms with E-state index in [-0.39, 0.29) is 19.1 Å². The molecular formula is C12H18N4O5. The minimum Gasteiger partial charge on any atom is -0.480 e. The van der Waals surface area contributed by atoms with Crippen molar-refractivity contribution in [2.75, 3.05) is 26.4 Å². The molecule has 9 heteroatoms. The van der Waals surface area contributed by atoms with Crippen LogP contribution >= 0.6 is 0 Å². The van der Waals surface area contributed by atoms with E-state index < -0.39 is 18.0 Å². The molecule has 0 bridgehead atoms. The van der Waals surface area contributed by atoms with Crippen molar-refractivity contribution in [1.29, 1.82) is 0 Å². The van der Waals surface area contributed by atoms with Gasteiger partial charge in [0.2, 0.25) is 0 Å². The normalized spacial score (nSPS) is 19.7. The number of rotatable bonds is 6. The third-order valence-corrected chi connectivity index (χ3v) is 2.96. The van der Waals surface area contributed by atoms with Crippen LogP contribution in [0.2, 0.25) is 0 Å². The summed E-state index contributed by atoms with van der Waals surface area (Å²) in [5, 5.41) is 14.1. The Kier molecular flexibility index (Phi) is 5.52. The van der Waals surface area contributed by atoms with Crippen LogP contribution in [0.5, 0.6) is 0 Å². The third kappa shape index (κ3) is 5.04. The molecule has 0 aliphatic carbocycles. The van der Waals surface area contributed by atoms with E-state index in [1.807, 2.05) is 0 Å². The summed E-state index contributed by atoms with van der Waals surface area (Å²) in [7, 11) is 0. The molecule has 2 atom stereocenters. The number of carbonyl (C=O) groups is 2. The first-order valence-electron chi connectivity index (χ1n) is 6.59. The van der Waals surface area contributed by atoms with Gasteiger partial charge in [0.1, 0.15) is 6.04 Å². The molecule has 0 aromatic carbocycles. The van der Waals surface area contributed by atoms with Crippen LogP contribution in [-0.4, -0.2) is 65.6 Å². The SMILES string of the molecule is O=C(NCC1COCCO1)NC(Cc1cnc[nH]1)C(=O)O. The predicted octanol–water partition coefficient (Wildman–Crippen LogP) is -0.880. The molecule has 1 aliphatic rings. The number of ether oxygens (including phenoxy) is 2. The van der Waals surface area contributed by atoms with Crippen LogP contribution in [0.15, 0.2) is 12.5 Å². The first-order chi connectivity index (χ1) is 10.1. The van der Waals surface area contributed by atoms with Crippen molar-refractivity contribution in [3.8, 4) is 0 Å². The van der Waals surface area contributed by atoms with Crippen molar-refractivity contribution in [3.05, 3.63) is 18.2 Å². The molecular weight excluding hydrogens is 280 g/mol. The van der Waals surface area contributed by atoms with Crippen molar-refractivity contribution < 1.29 is 24.2 Å². The number of urea groups is 1. The van der Waals surface area contributed by atoms with E-state index in [2.05, 4.69) is 20.6 Å². The molecule has 9 nitrogen and oxygen atoms in total. The summed E-state index contributed by atoms with van der Waals surface area (Å²) in [4.78, 5) is 29.5. The van der Waals surface area contributed by atoms with E-state index in [9.17, 15) is 9.59 Å². The Balaban J connectivity index is 1.76. The zero-order valence-electron chi connectivity index (χ0n) is 11.4. The average molecular weight is 298 g/mol. The molecule has 21 heavy (non-hydrogen) atoms. The summed E-state index contributed by atoms with van der Waals surface area (Å²) in [5.74, 6) is -1.11. The fourth-order valence-corrected chi connectivity index (χ4v) is 1.89. The molecule has 0 spiro atoms. The lowest BCUT2D eigenvalue weighted by Crippen LogP contribution is -2.49. The number of H-pyrrole nitrogens is 1. The molecule has 2 heterocycles. The van der Waals surface area contributed by atoms with Gasteiger partial charge in [-0.3, -0.25) is 0 Å². The van der Waals surface area contributed by atoms with Crippen LogP contribution in [0.3, 0.4) is 0 Å². The van der Waals surface area contributed by atoms with E-state index in [1.54, 1.807) is 0 Å². The number of carboxylic acid groups (broad SMARTS) is 1. The predicted molar refractivity (Wildman–Crippen MR) is 70.8 cm³/mol. The van der Waals surface area contributed by atoms with E-state index >= 15 is 0 Å². The van der Waals surface area contributed by atoms with Crippen molar-refractivity contribution in [2.45, 2.75) is 18.6 Å². The highest BCUT2D eigenvalue weighted by molar-refractivity contribution is 5.82. The van der Waals surface area contributed by atoms with Gasteiger partial charge in [0.05, 0.1) is 32.3 Å². The highest BCUT2D eigenvalue weighted by Crippen LogP contribution is 2.00. The van der Waals surface area contributed by atoms with Crippen LogP contribution < -0.4 is 10.6 Å². The van der Waals surface area contributed by atoms with Crippen molar-refractivity contribution in [2.24, 2.45) is 0 Å². The van der Waals surface area contributed by atoms with Crippen LogP contribution in [0.25, 0.3) is 0 Å². The van der Waals surface area contributed by atoms with Gasteiger partial charge in [-0.25, -0.2) is 14.6 Å². The Morgan fingerprint density at radius 3 is 3.00 bits per heavy atom. The number of aromatic nitrogens is 2. The van der Waals surface area contributed by atoms with Gasteiger partial charge in [0.25, 0.3) is 0 Å². The molecule has 4 N–H and O–H groups in total. The number of aromatic amines is 1. The summed E-state index contributed by atoms with van der Waals surface area (Å²) in [6, 6.07) is -1.59. The number of aliphatic carboxylic acids is 1. The standard InChI is InChI=1S/C12H18N4O5/c17-11(18)10(3-8-4-13-7-15-8)16-12(19)14-5-9-6-20-1-2-21-9/h4,7,9-10H,1-3,5-6H2,(H,13,15)(H,17,18)(H2,14,16,19). The largest absolute Gasteiger partial charge is 0.480 e. The van der Waals surface area contributed by atoms with Crippen molar-refractivity contribution >= 4 is 12.0 Å². The van der Waals surface area contributed by atoms with Gasteiger partial charge in [0.15, 0.2) is 0 Å². The highest BCUT2D eigenvalue weighted by atomic mass is 16.6. The van der Waals surface area contributed by atoms with Crippen LogP contribution in [-0.2, 0) is 20.7 Å².